The van der Waals surface area contributed by atoms with Crippen LogP contribution < -0.4 is 14.8 Å². The number of fused-ring (bicyclic) bond motifs is 2. The number of anilines is 1. The summed E-state index contributed by atoms with van der Waals surface area (Å²) in [5, 5.41) is 10.8. The maximum absolute atomic E-state index is 14.3. The van der Waals surface area contributed by atoms with E-state index in [1.54, 1.807) is 19.2 Å². The number of rotatable bonds is 7. The van der Waals surface area contributed by atoms with E-state index < -0.39 is 23.9 Å². The van der Waals surface area contributed by atoms with E-state index >= 15 is 0 Å². The van der Waals surface area contributed by atoms with Gasteiger partial charge in [0.2, 0.25) is 0 Å². The predicted molar refractivity (Wildman–Crippen MR) is 111 cm³/mol. The summed E-state index contributed by atoms with van der Waals surface area (Å²) in [6.07, 6.45) is 2.55. The number of halogens is 1. The van der Waals surface area contributed by atoms with Crippen molar-refractivity contribution >= 4 is 17.4 Å². The van der Waals surface area contributed by atoms with E-state index in [1.165, 1.54) is 22.8 Å². The van der Waals surface area contributed by atoms with Gasteiger partial charge in [-0.1, -0.05) is 5.11 Å². The van der Waals surface area contributed by atoms with E-state index in [0.29, 0.717) is 22.8 Å². The predicted octanol–water partition coefficient (Wildman–Crippen LogP) is 3.67. The smallest absolute Gasteiger partial charge is 0.343 e. The zero-order valence-corrected chi connectivity index (χ0v) is 17.4. The van der Waals surface area contributed by atoms with E-state index in [1.807, 2.05) is 6.92 Å². The standard InChI is InChI=1S/C20H20FN7O4/c1-3-30-20(29)15-9-24-28-5-4-17(26-19(15)28)25-11(2)14-6-12(21)7-16-18(14)31-10-13(32-16)8-23-27-22/h4-7,9,11,13H,3,8,10H2,1-2H3,(H,25,26)/t11?,13-/m0/s1. The number of carbonyl (C=O) groups is 1. The Kier molecular flexibility index (Phi) is 5.95. The highest BCUT2D eigenvalue weighted by Gasteiger charge is 2.26. The van der Waals surface area contributed by atoms with Crippen molar-refractivity contribution in [3.8, 4) is 11.5 Å². The molecule has 11 nitrogen and oxygen atoms in total. The van der Waals surface area contributed by atoms with Crippen LogP contribution in [-0.2, 0) is 4.74 Å². The molecule has 166 valence electrons. The second-order valence-corrected chi connectivity index (χ2v) is 7.01. The number of aromatic nitrogens is 3. The van der Waals surface area contributed by atoms with Gasteiger partial charge in [-0.05, 0) is 31.5 Å². The first kappa shape index (κ1) is 21.2. The first-order valence-corrected chi connectivity index (χ1v) is 9.92. The Morgan fingerprint density at radius 2 is 2.38 bits per heavy atom. The minimum atomic E-state index is -0.514. The quantitative estimate of drug-likeness (QED) is 0.256. The van der Waals surface area contributed by atoms with Gasteiger partial charge < -0.3 is 19.5 Å². The van der Waals surface area contributed by atoms with Crippen LogP contribution in [0.1, 0.15) is 35.8 Å². The third-order valence-corrected chi connectivity index (χ3v) is 4.80. The van der Waals surface area contributed by atoms with Crippen molar-refractivity contribution in [1.29, 1.82) is 0 Å². The Balaban J connectivity index is 1.59. The molecule has 0 saturated carbocycles. The Morgan fingerprint density at radius 1 is 1.53 bits per heavy atom. The molecule has 1 aromatic carbocycles. The third kappa shape index (κ3) is 4.21. The molecule has 1 aliphatic heterocycles. The first-order valence-electron chi connectivity index (χ1n) is 9.92. The molecule has 4 rings (SSSR count). The van der Waals surface area contributed by atoms with E-state index in [4.69, 9.17) is 19.7 Å². The molecule has 12 heteroatoms. The summed E-state index contributed by atoms with van der Waals surface area (Å²) in [7, 11) is 0. The first-order chi connectivity index (χ1) is 15.5. The molecule has 0 radical (unpaired) electrons. The molecule has 3 aromatic rings. The minimum Gasteiger partial charge on any atom is -0.485 e. The molecule has 2 aromatic heterocycles. The SMILES string of the molecule is CCOC(=O)c1cnn2ccc(NC(C)c3cc(F)cc4c3OC[C@H](CN=[N+]=[N-])O4)nc12. The molecule has 0 spiro atoms. The summed E-state index contributed by atoms with van der Waals surface area (Å²) in [6, 6.07) is 3.86. The van der Waals surface area contributed by atoms with E-state index in [0.717, 1.165) is 0 Å². The number of nitrogens with one attached hydrogen (secondary N) is 1. The number of hydrogen-bond donors (Lipinski definition) is 1. The molecular weight excluding hydrogens is 421 g/mol. The Bertz CT molecular complexity index is 1210. The van der Waals surface area contributed by atoms with Crippen LogP contribution in [0.15, 0.2) is 35.7 Å². The molecule has 1 unspecified atom stereocenters. The van der Waals surface area contributed by atoms with Crippen molar-refractivity contribution in [1.82, 2.24) is 14.6 Å². The van der Waals surface area contributed by atoms with Gasteiger partial charge in [-0.15, -0.1) is 0 Å². The largest absolute Gasteiger partial charge is 0.485 e. The van der Waals surface area contributed by atoms with Crippen LogP contribution in [0.3, 0.4) is 0 Å². The second-order valence-electron chi connectivity index (χ2n) is 7.01. The Morgan fingerprint density at radius 3 is 3.16 bits per heavy atom. The maximum atomic E-state index is 14.3. The molecule has 0 amide bonds. The lowest BCUT2D eigenvalue weighted by Crippen LogP contribution is -2.32. The normalized spacial score (nSPS) is 15.7. The average Bonchev–Trinajstić information content (AvgIpc) is 3.20. The van der Waals surface area contributed by atoms with Crippen molar-refractivity contribution in [2.75, 3.05) is 25.1 Å². The van der Waals surface area contributed by atoms with Crippen molar-refractivity contribution in [2.45, 2.75) is 26.0 Å². The lowest BCUT2D eigenvalue weighted by atomic mass is 10.1. The molecule has 32 heavy (non-hydrogen) atoms. The van der Waals surface area contributed by atoms with Crippen LogP contribution in [0.25, 0.3) is 16.1 Å². The number of hydrogen-bond acceptors (Lipinski definition) is 8. The van der Waals surface area contributed by atoms with Crippen LogP contribution in [0.2, 0.25) is 0 Å². The molecule has 0 saturated heterocycles. The van der Waals surface area contributed by atoms with Crippen LogP contribution in [0.4, 0.5) is 10.2 Å². The van der Waals surface area contributed by atoms with E-state index in [9.17, 15) is 9.18 Å². The average molecular weight is 441 g/mol. The van der Waals surface area contributed by atoms with Gasteiger partial charge in [0.05, 0.1) is 25.4 Å². The van der Waals surface area contributed by atoms with Crippen LogP contribution >= 0.6 is 0 Å². The molecule has 1 aliphatic rings. The van der Waals surface area contributed by atoms with Crippen molar-refractivity contribution in [3.63, 3.8) is 0 Å². The monoisotopic (exact) mass is 441 g/mol. The lowest BCUT2D eigenvalue weighted by Gasteiger charge is -2.29. The zero-order chi connectivity index (χ0) is 22.7. The fourth-order valence-electron chi connectivity index (χ4n) is 3.36. The number of esters is 1. The summed E-state index contributed by atoms with van der Waals surface area (Å²) in [5.41, 5.74) is 9.59. The van der Waals surface area contributed by atoms with E-state index in [2.05, 4.69) is 25.4 Å². The van der Waals surface area contributed by atoms with Crippen LogP contribution in [0, 0.1) is 5.82 Å². The molecule has 3 heterocycles. The third-order valence-electron chi connectivity index (χ3n) is 4.80. The van der Waals surface area contributed by atoms with Crippen molar-refractivity contribution in [2.24, 2.45) is 5.11 Å². The van der Waals surface area contributed by atoms with Gasteiger partial charge in [0, 0.05) is 22.7 Å². The maximum Gasteiger partial charge on any atom is 0.343 e. The van der Waals surface area contributed by atoms with Gasteiger partial charge in [-0.3, -0.25) is 0 Å². The number of carbonyl (C=O) groups excluding carboxylic acids is 1. The van der Waals surface area contributed by atoms with Gasteiger partial charge in [0.25, 0.3) is 0 Å². The molecule has 0 fully saturated rings. The number of benzene rings is 1. The highest BCUT2D eigenvalue weighted by Crippen LogP contribution is 2.40. The van der Waals surface area contributed by atoms with E-state index in [-0.39, 0.29) is 31.1 Å². The van der Waals surface area contributed by atoms with Gasteiger partial charge in [0.1, 0.15) is 29.9 Å². The van der Waals surface area contributed by atoms with Gasteiger partial charge >= 0.3 is 5.97 Å². The summed E-state index contributed by atoms with van der Waals surface area (Å²) >= 11 is 0. The molecule has 1 N–H and O–H groups in total. The summed E-state index contributed by atoms with van der Waals surface area (Å²) in [4.78, 5) is 19.3. The summed E-state index contributed by atoms with van der Waals surface area (Å²) < 4.78 is 32.3. The van der Waals surface area contributed by atoms with Crippen molar-refractivity contribution in [3.05, 3.63) is 58.0 Å². The highest BCUT2D eigenvalue weighted by atomic mass is 19.1. The summed E-state index contributed by atoms with van der Waals surface area (Å²) in [5.74, 6) is 0.0829. The highest BCUT2D eigenvalue weighted by molar-refractivity contribution is 5.95. The summed E-state index contributed by atoms with van der Waals surface area (Å²) in [6.45, 7) is 4.02. The van der Waals surface area contributed by atoms with Crippen LogP contribution in [-0.4, -0.2) is 46.4 Å². The second kappa shape index (κ2) is 8.98. The van der Waals surface area contributed by atoms with Crippen molar-refractivity contribution < 1.29 is 23.4 Å². The van der Waals surface area contributed by atoms with Gasteiger partial charge in [-0.2, -0.15) is 5.10 Å². The fraction of sp³-hybridized carbons (Fsp3) is 0.350. The molecule has 2 atom stereocenters. The number of ether oxygens (including phenoxy) is 3. The molecule has 0 bridgehead atoms. The Labute approximate surface area is 181 Å². The molecular formula is C20H20FN7O4. The van der Waals surface area contributed by atoms with Gasteiger partial charge in [0.15, 0.2) is 17.1 Å². The number of nitrogens with zero attached hydrogens (tertiary/aromatic N) is 6. The topological polar surface area (TPSA) is 136 Å². The number of azide groups is 1. The fourth-order valence-corrected chi connectivity index (χ4v) is 3.36. The zero-order valence-electron chi connectivity index (χ0n) is 17.4. The Hall–Kier alpha value is -4.05. The minimum absolute atomic E-state index is 0.0771. The lowest BCUT2D eigenvalue weighted by molar-refractivity contribution is 0.0528. The van der Waals surface area contributed by atoms with Gasteiger partial charge in [-0.25, -0.2) is 18.7 Å². The molecule has 0 aliphatic carbocycles. The van der Waals surface area contributed by atoms with Crippen LogP contribution in [0.5, 0.6) is 11.5 Å².